The molecular formula is C26H22N4O3. The van der Waals surface area contributed by atoms with Crippen molar-refractivity contribution in [1.29, 1.82) is 5.26 Å². The molecule has 4 aromatic rings. The monoisotopic (exact) mass is 438 g/mol. The molecule has 5 rings (SSSR count). The molecule has 1 aromatic heterocycles. The Balaban J connectivity index is 1.54. The molecule has 0 bridgehead atoms. The topological polar surface area (TPSA) is 80.4 Å². The number of rotatable bonds is 5. The molecule has 33 heavy (non-hydrogen) atoms. The Morgan fingerprint density at radius 3 is 2.61 bits per heavy atom. The first-order chi connectivity index (χ1) is 16.1. The number of hydrogen-bond donors (Lipinski definition) is 0. The molecule has 0 N–H and O–H groups in total. The molecule has 0 saturated carbocycles. The molecule has 0 atom stereocenters. The number of benzene rings is 3. The lowest BCUT2D eigenvalue weighted by molar-refractivity contribution is 0.0749. The zero-order valence-corrected chi connectivity index (χ0v) is 18.4. The van der Waals surface area contributed by atoms with Crippen molar-refractivity contribution in [3.8, 4) is 23.3 Å². The average Bonchev–Trinajstić information content (AvgIpc) is 3.18. The van der Waals surface area contributed by atoms with Gasteiger partial charge < -0.3 is 14.4 Å². The number of nitriles is 1. The van der Waals surface area contributed by atoms with Crippen LogP contribution in [-0.4, -0.2) is 41.4 Å². The van der Waals surface area contributed by atoms with Crippen molar-refractivity contribution in [2.45, 2.75) is 13.0 Å². The number of hydrogen-bond acceptors (Lipinski definition) is 5. The fraction of sp³-hybridized carbons (Fsp3) is 0.192. The first kappa shape index (κ1) is 20.6. The van der Waals surface area contributed by atoms with Gasteiger partial charge >= 0.3 is 0 Å². The second-order valence-corrected chi connectivity index (χ2v) is 7.87. The van der Waals surface area contributed by atoms with E-state index in [-0.39, 0.29) is 5.91 Å². The van der Waals surface area contributed by atoms with E-state index in [1.54, 1.807) is 26.4 Å². The van der Waals surface area contributed by atoms with Gasteiger partial charge in [0.05, 0.1) is 48.3 Å². The summed E-state index contributed by atoms with van der Waals surface area (Å²) in [5, 5.41) is 14.8. The van der Waals surface area contributed by atoms with E-state index in [2.05, 4.69) is 6.07 Å². The smallest absolute Gasteiger partial charge is 0.254 e. The summed E-state index contributed by atoms with van der Waals surface area (Å²) in [6.45, 7) is 0.969. The van der Waals surface area contributed by atoms with Crippen LogP contribution >= 0.6 is 0 Å². The lowest BCUT2D eigenvalue weighted by Crippen LogP contribution is -2.31. The van der Waals surface area contributed by atoms with Gasteiger partial charge in [0.1, 0.15) is 11.5 Å². The fourth-order valence-corrected chi connectivity index (χ4v) is 4.35. The number of carbonyl (C=O) groups is 1. The number of carbonyl (C=O) groups excluding carboxylic acids is 1. The molecule has 0 saturated heterocycles. The third-order valence-corrected chi connectivity index (χ3v) is 6.03. The summed E-state index contributed by atoms with van der Waals surface area (Å²) in [6.07, 6.45) is 0.651. The van der Waals surface area contributed by atoms with E-state index in [1.807, 2.05) is 58.1 Å². The van der Waals surface area contributed by atoms with Crippen LogP contribution in [-0.2, 0) is 13.0 Å². The second-order valence-electron chi connectivity index (χ2n) is 7.87. The van der Waals surface area contributed by atoms with Gasteiger partial charge in [-0.3, -0.25) is 4.79 Å². The third kappa shape index (κ3) is 3.56. The summed E-state index contributed by atoms with van der Waals surface area (Å²) in [6, 6.07) is 20.8. The minimum absolute atomic E-state index is 0.0309. The van der Waals surface area contributed by atoms with Crippen molar-refractivity contribution in [3.05, 3.63) is 83.0 Å². The van der Waals surface area contributed by atoms with Gasteiger partial charge in [0.25, 0.3) is 5.91 Å². The first-order valence-electron chi connectivity index (χ1n) is 10.6. The van der Waals surface area contributed by atoms with Crippen molar-refractivity contribution in [1.82, 2.24) is 14.7 Å². The highest BCUT2D eigenvalue weighted by Crippen LogP contribution is 2.32. The molecule has 7 heteroatoms. The van der Waals surface area contributed by atoms with Crippen LogP contribution in [0.25, 0.3) is 16.6 Å². The predicted octanol–water partition coefficient (Wildman–Crippen LogP) is 4.11. The van der Waals surface area contributed by atoms with E-state index in [1.165, 1.54) is 0 Å². The van der Waals surface area contributed by atoms with Gasteiger partial charge in [-0.25, -0.2) is 4.68 Å². The number of ether oxygens (including phenoxy) is 2. The van der Waals surface area contributed by atoms with E-state index in [0.29, 0.717) is 42.1 Å². The van der Waals surface area contributed by atoms with Crippen LogP contribution in [0.4, 0.5) is 0 Å². The zero-order chi connectivity index (χ0) is 22.9. The molecule has 0 radical (unpaired) electrons. The number of methoxy groups -OCH3 is 2. The van der Waals surface area contributed by atoms with Crippen LogP contribution in [0.3, 0.4) is 0 Å². The Bertz CT molecular complexity index is 1400. The van der Waals surface area contributed by atoms with Gasteiger partial charge in [0.15, 0.2) is 0 Å². The highest BCUT2D eigenvalue weighted by Gasteiger charge is 2.28. The average molecular weight is 438 g/mol. The van der Waals surface area contributed by atoms with Crippen LogP contribution in [0.2, 0.25) is 0 Å². The maximum Gasteiger partial charge on any atom is 0.254 e. The SMILES string of the molecule is COc1ccc(CN2CCc3c4c(cccc4nn3-c3ccc(C#N)cc3)C2=O)c(OC)c1. The molecule has 0 unspecified atom stereocenters. The first-order valence-corrected chi connectivity index (χ1v) is 10.6. The van der Waals surface area contributed by atoms with Crippen LogP contribution < -0.4 is 9.47 Å². The maximum atomic E-state index is 13.6. The largest absolute Gasteiger partial charge is 0.497 e. The van der Waals surface area contributed by atoms with Crippen molar-refractivity contribution in [3.63, 3.8) is 0 Å². The minimum Gasteiger partial charge on any atom is -0.497 e. The van der Waals surface area contributed by atoms with E-state index in [9.17, 15) is 4.79 Å². The highest BCUT2D eigenvalue weighted by atomic mass is 16.5. The van der Waals surface area contributed by atoms with Crippen LogP contribution in [0.15, 0.2) is 60.7 Å². The summed E-state index contributed by atoms with van der Waals surface area (Å²) >= 11 is 0. The second kappa shape index (κ2) is 8.32. The fourth-order valence-electron chi connectivity index (χ4n) is 4.35. The summed E-state index contributed by atoms with van der Waals surface area (Å²) in [4.78, 5) is 15.4. The maximum absolute atomic E-state index is 13.6. The standard InChI is InChI=1S/C26H22N4O3/c1-32-20-11-8-18(24(14-20)33-2)16-29-13-12-23-25-21(26(29)31)4-3-5-22(25)28-30(23)19-9-6-17(15-27)7-10-19/h3-11,14H,12-13,16H2,1-2H3. The molecule has 0 spiro atoms. The molecular weight excluding hydrogens is 416 g/mol. The summed E-state index contributed by atoms with van der Waals surface area (Å²) < 4.78 is 12.7. The van der Waals surface area contributed by atoms with E-state index >= 15 is 0 Å². The Kier molecular flexibility index (Phi) is 5.19. The summed E-state index contributed by atoms with van der Waals surface area (Å²) in [5.41, 5.74) is 4.79. The van der Waals surface area contributed by atoms with Crippen molar-refractivity contribution < 1.29 is 14.3 Å². The van der Waals surface area contributed by atoms with E-state index in [4.69, 9.17) is 19.8 Å². The van der Waals surface area contributed by atoms with Gasteiger partial charge in [0, 0.05) is 36.5 Å². The minimum atomic E-state index is -0.0309. The highest BCUT2D eigenvalue weighted by molar-refractivity contribution is 6.08. The summed E-state index contributed by atoms with van der Waals surface area (Å²) in [7, 11) is 3.23. The van der Waals surface area contributed by atoms with Gasteiger partial charge in [-0.05, 0) is 48.5 Å². The lowest BCUT2D eigenvalue weighted by atomic mass is 10.1. The molecule has 1 aliphatic heterocycles. The predicted molar refractivity (Wildman–Crippen MR) is 124 cm³/mol. The van der Waals surface area contributed by atoms with Gasteiger partial charge in [-0.1, -0.05) is 6.07 Å². The van der Waals surface area contributed by atoms with Gasteiger partial charge in [-0.2, -0.15) is 10.4 Å². The Morgan fingerprint density at radius 2 is 1.88 bits per heavy atom. The Labute approximate surface area is 191 Å². The summed E-state index contributed by atoms with van der Waals surface area (Å²) in [5.74, 6) is 1.36. The van der Waals surface area contributed by atoms with Crippen LogP contribution in [0, 0.1) is 11.3 Å². The van der Waals surface area contributed by atoms with Crippen LogP contribution in [0.1, 0.15) is 27.2 Å². The van der Waals surface area contributed by atoms with E-state index < -0.39 is 0 Å². The molecule has 3 aromatic carbocycles. The molecule has 0 fully saturated rings. The van der Waals surface area contributed by atoms with Crippen molar-refractivity contribution >= 4 is 16.8 Å². The van der Waals surface area contributed by atoms with Gasteiger partial charge in [-0.15, -0.1) is 0 Å². The molecule has 7 nitrogen and oxygen atoms in total. The van der Waals surface area contributed by atoms with E-state index in [0.717, 1.165) is 27.8 Å². The number of amides is 1. The quantitative estimate of drug-likeness (QED) is 0.468. The number of nitrogens with zero attached hydrogens (tertiary/aromatic N) is 4. The zero-order valence-electron chi connectivity index (χ0n) is 18.4. The lowest BCUT2D eigenvalue weighted by Gasteiger charge is -2.23. The Hall–Kier alpha value is -4.31. The Morgan fingerprint density at radius 1 is 1.06 bits per heavy atom. The van der Waals surface area contributed by atoms with Crippen molar-refractivity contribution in [2.75, 3.05) is 20.8 Å². The van der Waals surface area contributed by atoms with Gasteiger partial charge in [0.2, 0.25) is 0 Å². The normalized spacial score (nSPS) is 13.0. The number of aromatic nitrogens is 2. The molecule has 1 amide bonds. The van der Waals surface area contributed by atoms with Crippen LogP contribution in [0.5, 0.6) is 11.5 Å². The van der Waals surface area contributed by atoms with Crippen molar-refractivity contribution in [2.24, 2.45) is 0 Å². The molecule has 2 heterocycles. The molecule has 0 aliphatic carbocycles. The molecule has 1 aliphatic rings. The third-order valence-electron chi connectivity index (χ3n) is 6.03. The molecule has 164 valence electrons.